The second-order valence-corrected chi connectivity index (χ2v) is 19.6. The normalized spacial score (nSPS) is 12.9. The second-order valence-electron chi connectivity index (χ2n) is 19.6. The van der Waals surface area contributed by atoms with E-state index in [2.05, 4.69) is 43.5 Å². The molecule has 0 aromatic carbocycles. The third kappa shape index (κ3) is 51.3. The number of hydrogen-bond donors (Lipinski definition) is 3. The summed E-state index contributed by atoms with van der Waals surface area (Å²) >= 11 is 0. The van der Waals surface area contributed by atoms with Gasteiger partial charge < -0.3 is 20.3 Å². The van der Waals surface area contributed by atoms with E-state index in [0.29, 0.717) is 19.4 Å². The Hall–Kier alpha value is -1.92. The Balaban J connectivity index is 3.45. The highest BCUT2D eigenvalue weighted by Gasteiger charge is 2.18. The molecule has 0 saturated carbocycles. The largest absolute Gasteiger partial charge is 0.466 e. The number of esters is 1. The van der Waals surface area contributed by atoms with Crippen molar-refractivity contribution in [3.8, 4) is 0 Å². The minimum atomic E-state index is -0.847. The highest BCUT2D eigenvalue weighted by Crippen LogP contribution is 2.16. The van der Waals surface area contributed by atoms with Crippen LogP contribution in [-0.4, -0.2) is 47.4 Å². The average Bonchev–Trinajstić information content (AvgIpc) is 3.31. The molecule has 0 saturated heterocycles. The van der Waals surface area contributed by atoms with Gasteiger partial charge in [0.25, 0.3) is 0 Å². The highest BCUT2D eigenvalue weighted by molar-refractivity contribution is 5.76. The van der Waals surface area contributed by atoms with Crippen LogP contribution in [0.2, 0.25) is 0 Å². The minimum Gasteiger partial charge on any atom is -0.466 e. The number of allylic oxidation sites excluding steroid dienone is 5. The fourth-order valence-corrected chi connectivity index (χ4v) is 8.72. The van der Waals surface area contributed by atoms with Gasteiger partial charge >= 0.3 is 5.97 Å². The molecule has 0 bridgehead atoms. The van der Waals surface area contributed by atoms with E-state index in [1.54, 1.807) is 6.08 Å². The summed E-state index contributed by atoms with van der Waals surface area (Å²) in [7, 11) is 0. The number of ether oxygens (including phenoxy) is 1. The summed E-state index contributed by atoms with van der Waals surface area (Å²) < 4.78 is 5.46. The van der Waals surface area contributed by atoms with Gasteiger partial charge in [0.05, 0.1) is 25.4 Å². The highest BCUT2D eigenvalue weighted by atomic mass is 16.5. The van der Waals surface area contributed by atoms with Crippen LogP contribution in [0.5, 0.6) is 0 Å². The van der Waals surface area contributed by atoms with Gasteiger partial charge in [0, 0.05) is 12.8 Å². The molecule has 382 valence electrons. The van der Waals surface area contributed by atoms with Crippen molar-refractivity contribution in [2.75, 3.05) is 13.2 Å². The number of unbranched alkanes of at least 4 members (excludes halogenated alkanes) is 38. The first-order valence-electron chi connectivity index (χ1n) is 28.8. The molecular formula is C59H111NO5. The molecule has 0 heterocycles. The molecule has 0 aromatic heterocycles. The molecule has 0 rings (SSSR count). The number of amides is 1. The Morgan fingerprint density at radius 2 is 0.769 bits per heavy atom. The molecule has 0 spiro atoms. The van der Waals surface area contributed by atoms with Crippen molar-refractivity contribution in [2.24, 2.45) is 0 Å². The minimum absolute atomic E-state index is 0.00784. The Labute approximate surface area is 404 Å². The molecule has 0 aliphatic rings. The molecular weight excluding hydrogens is 803 g/mol. The second kappa shape index (κ2) is 54.7. The molecule has 0 aliphatic heterocycles. The SMILES string of the molecule is CCCCCCCCCCCC/C=C/C(O)C(CO)NC(=O)CCCCCCCCCCC/C=C\C/C=C\CCCCCCCCCCCOC(=O)CCCCCCCCCCCCC. The van der Waals surface area contributed by atoms with Crippen LogP contribution in [0.15, 0.2) is 36.5 Å². The van der Waals surface area contributed by atoms with Crippen LogP contribution in [0.25, 0.3) is 0 Å². The van der Waals surface area contributed by atoms with E-state index in [-0.39, 0.29) is 18.5 Å². The first-order valence-corrected chi connectivity index (χ1v) is 28.8. The molecule has 6 heteroatoms. The van der Waals surface area contributed by atoms with Crippen LogP contribution in [-0.2, 0) is 14.3 Å². The molecule has 2 unspecified atom stereocenters. The quantitative estimate of drug-likeness (QED) is 0.0321. The first-order chi connectivity index (χ1) is 32.0. The number of carbonyl (C=O) groups is 2. The molecule has 1 amide bonds. The number of aliphatic hydroxyl groups is 2. The van der Waals surface area contributed by atoms with Gasteiger partial charge in [0.1, 0.15) is 0 Å². The Morgan fingerprint density at radius 1 is 0.431 bits per heavy atom. The number of nitrogens with one attached hydrogen (secondary N) is 1. The van der Waals surface area contributed by atoms with Gasteiger partial charge in [0.15, 0.2) is 0 Å². The summed E-state index contributed by atoms with van der Waals surface area (Å²) in [5, 5.41) is 23.0. The lowest BCUT2D eigenvalue weighted by atomic mass is 10.0. The van der Waals surface area contributed by atoms with Crippen molar-refractivity contribution in [3.05, 3.63) is 36.5 Å². The fraction of sp³-hybridized carbons (Fsp3) is 0.864. The van der Waals surface area contributed by atoms with Crippen molar-refractivity contribution < 1.29 is 24.5 Å². The van der Waals surface area contributed by atoms with Gasteiger partial charge in [-0.25, -0.2) is 0 Å². The van der Waals surface area contributed by atoms with Crippen molar-refractivity contribution >= 4 is 11.9 Å². The van der Waals surface area contributed by atoms with Crippen LogP contribution < -0.4 is 5.32 Å². The first kappa shape index (κ1) is 63.1. The zero-order valence-electron chi connectivity index (χ0n) is 43.5. The van der Waals surface area contributed by atoms with Crippen molar-refractivity contribution in [2.45, 2.75) is 315 Å². The summed E-state index contributed by atoms with van der Waals surface area (Å²) in [5.41, 5.74) is 0. The van der Waals surface area contributed by atoms with E-state index in [1.165, 1.54) is 231 Å². The third-order valence-corrected chi connectivity index (χ3v) is 13.2. The van der Waals surface area contributed by atoms with Gasteiger partial charge in [-0.05, 0) is 64.2 Å². The lowest BCUT2D eigenvalue weighted by Crippen LogP contribution is -2.45. The van der Waals surface area contributed by atoms with Crippen LogP contribution in [0.1, 0.15) is 303 Å². The number of hydrogen-bond acceptors (Lipinski definition) is 5. The summed E-state index contributed by atoms with van der Waals surface area (Å²) in [6.45, 7) is 4.89. The maximum absolute atomic E-state index is 12.4. The summed E-state index contributed by atoms with van der Waals surface area (Å²) in [6, 6.07) is -0.631. The smallest absolute Gasteiger partial charge is 0.305 e. The standard InChI is InChI=1S/C59H111NO5/c1-3-5-7-9-11-13-15-32-35-39-43-47-51-57(62)56(55-61)60-58(63)52-48-44-40-36-33-29-27-25-23-21-19-17-16-18-20-22-24-26-28-30-34-38-42-46-50-54-65-59(64)53-49-45-41-37-31-14-12-10-8-6-4-2/h17-20,47,51,56-57,61-62H,3-16,21-46,48-50,52-55H2,1-2H3,(H,60,63)/b19-17-,20-18-,51-47+. The van der Waals surface area contributed by atoms with E-state index in [4.69, 9.17) is 4.74 Å². The summed E-state index contributed by atoms with van der Waals surface area (Å²) in [5.74, 6) is -0.0670. The van der Waals surface area contributed by atoms with Crippen LogP contribution in [0, 0.1) is 0 Å². The van der Waals surface area contributed by atoms with E-state index < -0.39 is 12.1 Å². The lowest BCUT2D eigenvalue weighted by Gasteiger charge is -2.20. The van der Waals surface area contributed by atoms with Crippen molar-refractivity contribution in [3.63, 3.8) is 0 Å². The van der Waals surface area contributed by atoms with Crippen LogP contribution in [0.3, 0.4) is 0 Å². The van der Waals surface area contributed by atoms with E-state index in [0.717, 1.165) is 44.9 Å². The molecule has 0 aromatic rings. The van der Waals surface area contributed by atoms with Crippen molar-refractivity contribution in [1.29, 1.82) is 0 Å². The van der Waals surface area contributed by atoms with E-state index >= 15 is 0 Å². The van der Waals surface area contributed by atoms with E-state index in [9.17, 15) is 19.8 Å². The Morgan fingerprint density at radius 3 is 1.17 bits per heavy atom. The summed E-state index contributed by atoms with van der Waals surface area (Å²) in [4.78, 5) is 24.4. The van der Waals surface area contributed by atoms with Crippen molar-refractivity contribution in [1.82, 2.24) is 5.32 Å². The fourth-order valence-electron chi connectivity index (χ4n) is 8.72. The number of aliphatic hydroxyl groups excluding tert-OH is 2. The molecule has 3 N–H and O–H groups in total. The van der Waals surface area contributed by atoms with Gasteiger partial charge in [-0.1, -0.05) is 262 Å². The van der Waals surface area contributed by atoms with Gasteiger partial charge in [-0.15, -0.1) is 0 Å². The van der Waals surface area contributed by atoms with Crippen LogP contribution in [0.4, 0.5) is 0 Å². The zero-order chi connectivity index (χ0) is 47.2. The lowest BCUT2D eigenvalue weighted by molar-refractivity contribution is -0.143. The maximum Gasteiger partial charge on any atom is 0.305 e. The Bertz CT molecular complexity index is 1060. The molecule has 2 atom stereocenters. The Kier molecular flexibility index (Phi) is 53.1. The number of rotatable bonds is 53. The monoisotopic (exact) mass is 914 g/mol. The van der Waals surface area contributed by atoms with E-state index in [1.807, 2.05) is 6.08 Å². The van der Waals surface area contributed by atoms with Crippen LogP contribution >= 0.6 is 0 Å². The summed E-state index contributed by atoms with van der Waals surface area (Å²) in [6.07, 6.45) is 67.4. The maximum atomic E-state index is 12.4. The molecule has 0 aliphatic carbocycles. The molecule has 65 heavy (non-hydrogen) atoms. The van der Waals surface area contributed by atoms with Gasteiger partial charge in [0.2, 0.25) is 5.91 Å². The zero-order valence-corrected chi connectivity index (χ0v) is 43.5. The molecule has 0 fully saturated rings. The predicted octanol–water partition coefficient (Wildman–Crippen LogP) is 17.6. The molecule has 6 nitrogen and oxygen atoms in total. The van der Waals surface area contributed by atoms with Gasteiger partial charge in [-0.2, -0.15) is 0 Å². The average molecular weight is 915 g/mol. The number of carbonyl (C=O) groups excluding carboxylic acids is 2. The topological polar surface area (TPSA) is 95.9 Å². The molecule has 0 radical (unpaired) electrons. The third-order valence-electron chi connectivity index (χ3n) is 13.2. The van der Waals surface area contributed by atoms with Gasteiger partial charge in [-0.3, -0.25) is 9.59 Å². The predicted molar refractivity (Wildman–Crippen MR) is 283 cm³/mol.